The van der Waals surface area contributed by atoms with Crippen LogP contribution in [0.3, 0.4) is 0 Å². The highest BCUT2D eigenvalue weighted by atomic mass is 15.1. The molecule has 0 aliphatic rings. The fourth-order valence-electron chi connectivity index (χ4n) is 13.0. The Balaban J connectivity index is 1.26. The minimum atomic E-state index is 0.144. The minimum absolute atomic E-state index is 0.144. The van der Waals surface area contributed by atoms with E-state index in [1.165, 1.54) is 0 Å². The minimum Gasteiger partial charge on any atom is -0.319 e. The van der Waals surface area contributed by atoms with Crippen LogP contribution in [-0.2, 0) is 0 Å². The second kappa shape index (κ2) is 17.4. The molecule has 14 aromatic rings. The highest BCUT2D eigenvalue weighted by Crippen LogP contribution is 2.54. The molecule has 8 heteroatoms. The Labute approximate surface area is 462 Å². The SMILES string of the molecule is [C-]#[N+]c1c(-n2c3ccc(C)cc3c3cc(C)ccc32)cc(-n2c3ccc(C)cc3c3cc(C)ccc32)c([N+]#[C-])c1-c1c(C#N)c(-n2c3ccc(C)cc3c3cc(C)ccc32)cc(-n2c3ccc(C)cc3c3cc(C)ccc32)c1C#N. The molecule has 0 saturated heterocycles. The standard InChI is InChI=1S/C72H50N8/c1-39-11-19-57-47(27-39)48-28-40(2)12-20-58(48)77(57)65-35-66(78-59-21-13-41(3)29-49(59)50-30-42(4)14-22-60(50)78)56(38-74)69(55(65)37-73)70-71(75-9)67(79-61-23-15-43(5)31-51(61)52-32-44(6)16-24-62(52)79)36-68(72(70)76-10)80-63-25-17-45(7)33-53(63)54-34-46(8)18-26-64(54)80/h11-36H,1-8H3. The van der Waals surface area contributed by atoms with E-state index in [1.807, 2.05) is 12.1 Å². The third-order valence-corrected chi connectivity index (χ3v) is 16.5. The first kappa shape index (κ1) is 47.8. The molecular weight excluding hydrogens is 977 g/mol. The Morgan fingerprint density at radius 1 is 0.287 bits per heavy atom. The molecule has 0 unspecified atom stereocenters. The number of nitriles is 2. The zero-order valence-electron chi connectivity index (χ0n) is 45.6. The molecule has 0 bridgehead atoms. The fraction of sp³-hybridized carbons (Fsp3) is 0.111. The molecule has 0 fully saturated rings. The van der Waals surface area contributed by atoms with Gasteiger partial charge in [0.25, 0.3) is 0 Å². The molecule has 0 spiro atoms. The molecule has 14 rings (SSSR count). The molecule has 0 aliphatic carbocycles. The number of fused-ring (bicyclic) bond motifs is 12. The highest BCUT2D eigenvalue weighted by Gasteiger charge is 2.33. The van der Waals surface area contributed by atoms with Crippen LogP contribution in [0.1, 0.15) is 55.6 Å². The average Bonchev–Trinajstić information content (AvgIpc) is 3.36. The molecular formula is C72H50N8. The van der Waals surface area contributed by atoms with Crippen molar-refractivity contribution in [2.75, 3.05) is 0 Å². The van der Waals surface area contributed by atoms with Crippen molar-refractivity contribution in [3.63, 3.8) is 0 Å². The monoisotopic (exact) mass is 1030 g/mol. The van der Waals surface area contributed by atoms with Crippen molar-refractivity contribution < 1.29 is 0 Å². The van der Waals surface area contributed by atoms with E-state index in [0.717, 1.165) is 132 Å². The summed E-state index contributed by atoms with van der Waals surface area (Å²) in [6.07, 6.45) is 0. The van der Waals surface area contributed by atoms with Gasteiger partial charge in [-0.15, -0.1) is 0 Å². The van der Waals surface area contributed by atoms with Gasteiger partial charge in [0.2, 0.25) is 11.4 Å². The molecule has 80 heavy (non-hydrogen) atoms. The van der Waals surface area contributed by atoms with Crippen molar-refractivity contribution in [2.24, 2.45) is 0 Å². The predicted molar refractivity (Wildman–Crippen MR) is 329 cm³/mol. The summed E-state index contributed by atoms with van der Waals surface area (Å²) in [7, 11) is 0. The lowest BCUT2D eigenvalue weighted by Gasteiger charge is -2.24. The van der Waals surface area contributed by atoms with Crippen molar-refractivity contribution in [1.29, 1.82) is 10.5 Å². The summed E-state index contributed by atoms with van der Waals surface area (Å²) in [6, 6.07) is 60.5. The molecule has 8 nitrogen and oxygen atoms in total. The van der Waals surface area contributed by atoms with Gasteiger partial charge in [-0.1, -0.05) is 93.0 Å². The predicted octanol–water partition coefficient (Wildman–Crippen LogP) is 19.1. The van der Waals surface area contributed by atoms with Gasteiger partial charge >= 0.3 is 0 Å². The molecule has 10 aromatic carbocycles. The Bertz CT molecular complexity index is 4430. The Kier molecular flexibility index (Phi) is 10.4. The number of nitrogens with zero attached hydrogens (tertiary/aromatic N) is 8. The number of hydrogen-bond acceptors (Lipinski definition) is 2. The quantitative estimate of drug-likeness (QED) is 0.161. The lowest BCUT2D eigenvalue weighted by molar-refractivity contribution is 1.11. The zero-order valence-corrected chi connectivity index (χ0v) is 45.6. The van der Waals surface area contributed by atoms with Crippen LogP contribution in [0.25, 0.3) is 131 Å². The summed E-state index contributed by atoms with van der Waals surface area (Å²) in [5, 5.41) is 32.7. The maximum Gasteiger partial charge on any atom is 0.208 e. The topological polar surface area (TPSA) is 76.0 Å². The van der Waals surface area contributed by atoms with E-state index in [0.29, 0.717) is 22.7 Å². The average molecular weight is 1030 g/mol. The fourth-order valence-corrected chi connectivity index (χ4v) is 13.0. The molecule has 378 valence electrons. The van der Waals surface area contributed by atoms with Gasteiger partial charge in [0.1, 0.15) is 12.1 Å². The molecule has 0 saturated carbocycles. The normalized spacial score (nSPS) is 11.7. The third-order valence-electron chi connectivity index (χ3n) is 16.5. The molecule has 4 heterocycles. The first-order valence-electron chi connectivity index (χ1n) is 26.8. The van der Waals surface area contributed by atoms with Crippen molar-refractivity contribution in [3.05, 3.63) is 236 Å². The van der Waals surface area contributed by atoms with E-state index in [4.69, 9.17) is 0 Å². The van der Waals surface area contributed by atoms with Crippen LogP contribution in [0.2, 0.25) is 0 Å². The summed E-state index contributed by atoms with van der Waals surface area (Å²) >= 11 is 0. The van der Waals surface area contributed by atoms with Crippen molar-refractivity contribution >= 4 is 98.6 Å². The van der Waals surface area contributed by atoms with E-state index in [-0.39, 0.29) is 33.6 Å². The maximum absolute atomic E-state index is 12.3. The van der Waals surface area contributed by atoms with Crippen LogP contribution in [0.5, 0.6) is 0 Å². The van der Waals surface area contributed by atoms with E-state index in [1.54, 1.807) is 0 Å². The van der Waals surface area contributed by atoms with E-state index >= 15 is 0 Å². The van der Waals surface area contributed by atoms with Gasteiger partial charge in [0.15, 0.2) is 0 Å². The number of aromatic nitrogens is 4. The van der Waals surface area contributed by atoms with Gasteiger partial charge in [-0.3, -0.25) is 0 Å². The molecule has 0 atom stereocenters. The lowest BCUT2D eigenvalue weighted by atomic mass is 9.88. The first-order valence-corrected chi connectivity index (χ1v) is 26.8. The van der Waals surface area contributed by atoms with Gasteiger partial charge in [0, 0.05) is 48.7 Å². The maximum atomic E-state index is 12.3. The lowest BCUT2D eigenvalue weighted by Crippen LogP contribution is -2.09. The van der Waals surface area contributed by atoms with Crippen molar-refractivity contribution in [3.8, 4) is 46.0 Å². The Morgan fingerprint density at radius 2 is 0.487 bits per heavy atom. The van der Waals surface area contributed by atoms with Crippen LogP contribution < -0.4 is 0 Å². The molecule has 0 N–H and O–H groups in total. The second-order valence-electron chi connectivity index (χ2n) is 22.0. The molecule has 0 radical (unpaired) electrons. The van der Waals surface area contributed by atoms with Gasteiger partial charge in [-0.25, -0.2) is 9.69 Å². The number of aryl methyl sites for hydroxylation is 8. The summed E-state index contributed by atoms with van der Waals surface area (Å²) in [5.74, 6) is 0. The van der Waals surface area contributed by atoms with E-state index < -0.39 is 0 Å². The number of rotatable bonds is 5. The van der Waals surface area contributed by atoms with Crippen LogP contribution in [0.4, 0.5) is 11.4 Å². The van der Waals surface area contributed by atoms with Crippen LogP contribution in [0.15, 0.2) is 158 Å². The van der Waals surface area contributed by atoms with E-state index in [9.17, 15) is 23.7 Å². The van der Waals surface area contributed by atoms with Gasteiger partial charge in [-0.05, 0) is 170 Å². The summed E-state index contributed by atoms with van der Waals surface area (Å²) in [4.78, 5) is 9.10. The molecule has 4 aromatic heterocycles. The van der Waals surface area contributed by atoms with Crippen molar-refractivity contribution in [2.45, 2.75) is 55.4 Å². The van der Waals surface area contributed by atoms with Gasteiger partial charge < -0.3 is 18.3 Å². The van der Waals surface area contributed by atoms with E-state index in [2.05, 4.69) is 241 Å². The molecule has 0 amide bonds. The molecule has 0 aliphatic heterocycles. The van der Waals surface area contributed by atoms with Gasteiger partial charge in [-0.2, -0.15) is 10.5 Å². The first-order chi connectivity index (χ1) is 38.8. The number of hydrogen-bond donors (Lipinski definition) is 0. The Hall–Kier alpha value is -10.6. The smallest absolute Gasteiger partial charge is 0.208 e. The van der Waals surface area contributed by atoms with Crippen LogP contribution in [-0.4, -0.2) is 18.3 Å². The summed E-state index contributed by atoms with van der Waals surface area (Å²) < 4.78 is 8.59. The van der Waals surface area contributed by atoms with Gasteiger partial charge in [0.05, 0.1) is 91.2 Å². The summed E-state index contributed by atoms with van der Waals surface area (Å²) in [5.41, 5.74) is 18.9. The largest absolute Gasteiger partial charge is 0.319 e. The number of benzene rings is 10. The highest BCUT2D eigenvalue weighted by molar-refractivity contribution is 6.16. The summed E-state index contributed by atoms with van der Waals surface area (Å²) in [6.45, 7) is 35.8. The van der Waals surface area contributed by atoms with Crippen LogP contribution in [0, 0.1) is 91.2 Å². The zero-order chi connectivity index (χ0) is 55.2. The van der Waals surface area contributed by atoms with Crippen LogP contribution >= 0.6 is 0 Å². The Morgan fingerprint density at radius 3 is 0.688 bits per heavy atom. The van der Waals surface area contributed by atoms with Crippen molar-refractivity contribution in [1.82, 2.24) is 18.3 Å². The second-order valence-corrected chi connectivity index (χ2v) is 22.0. The third kappa shape index (κ3) is 6.77.